The number of fused-ring (bicyclic) bond motifs is 1. The summed E-state index contributed by atoms with van der Waals surface area (Å²) in [6.07, 6.45) is 0. The van der Waals surface area contributed by atoms with Crippen LogP contribution in [0.3, 0.4) is 0 Å². The van der Waals surface area contributed by atoms with Gasteiger partial charge >= 0.3 is 5.97 Å². The van der Waals surface area contributed by atoms with Gasteiger partial charge in [0, 0.05) is 0 Å². The Balaban J connectivity index is 2.62. The third-order valence-electron chi connectivity index (χ3n) is 2.80. The standard InChI is InChI=1S/C13H13NO2/c1-13(14,12(15)16)11-8-7-9-5-3-2-4-6-10(9)11/h2-8H,14H2,1H3,(H,15,16)/t13-/m1/s1. The van der Waals surface area contributed by atoms with Crippen molar-refractivity contribution in [1.82, 2.24) is 0 Å². The first kappa shape index (κ1) is 10.6. The van der Waals surface area contributed by atoms with Crippen molar-refractivity contribution in [2.45, 2.75) is 12.5 Å². The van der Waals surface area contributed by atoms with Gasteiger partial charge in [0.05, 0.1) is 0 Å². The molecule has 0 radical (unpaired) electrons. The molecule has 0 amide bonds. The SMILES string of the molecule is C[C@](N)(C(=O)O)c1ccc2cccccc1-2. The second-order valence-corrected chi connectivity index (χ2v) is 4.03. The van der Waals surface area contributed by atoms with Gasteiger partial charge in [0.1, 0.15) is 5.54 Å². The van der Waals surface area contributed by atoms with Gasteiger partial charge in [-0.25, -0.2) is 4.79 Å². The molecule has 3 heteroatoms. The van der Waals surface area contributed by atoms with Crippen LogP contribution in [0, 0.1) is 0 Å². The number of nitrogens with two attached hydrogens (primary N) is 1. The van der Waals surface area contributed by atoms with E-state index in [1.165, 1.54) is 6.92 Å². The quantitative estimate of drug-likeness (QED) is 0.805. The van der Waals surface area contributed by atoms with Crippen molar-refractivity contribution in [3.05, 3.63) is 48.0 Å². The fraction of sp³-hybridized carbons (Fsp3) is 0.154. The highest BCUT2D eigenvalue weighted by atomic mass is 16.4. The maximum Gasteiger partial charge on any atom is 0.328 e. The molecule has 16 heavy (non-hydrogen) atoms. The lowest BCUT2D eigenvalue weighted by molar-refractivity contribution is -0.143. The predicted molar refractivity (Wildman–Crippen MR) is 62.2 cm³/mol. The summed E-state index contributed by atoms with van der Waals surface area (Å²) in [7, 11) is 0. The maximum atomic E-state index is 11.1. The summed E-state index contributed by atoms with van der Waals surface area (Å²) >= 11 is 0. The molecule has 0 aromatic carbocycles. The molecule has 0 saturated heterocycles. The van der Waals surface area contributed by atoms with Gasteiger partial charge in [0.2, 0.25) is 0 Å². The number of aliphatic carboxylic acids is 1. The van der Waals surface area contributed by atoms with Crippen LogP contribution >= 0.6 is 0 Å². The minimum absolute atomic E-state index is 0.645. The van der Waals surface area contributed by atoms with Crippen LogP contribution in [-0.4, -0.2) is 11.1 Å². The molecule has 2 aliphatic rings. The molecule has 0 fully saturated rings. The summed E-state index contributed by atoms with van der Waals surface area (Å²) in [6.45, 7) is 1.51. The first-order valence-electron chi connectivity index (χ1n) is 5.04. The topological polar surface area (TPSA) is 63.3 Å². The van der Waals surface area contributed by atoms with Crippen LogP contribution in [0.1, 0.15) is 12.5 Å². The smallest absolute Gasteiger partial charge is 0.328 e. The highest BCUT2D eigenvalue weighted by molar-refractivity contribution is 5.85. The molecule has 0 spiro atoms. The minimum Gasteiger partial charge on any atom is -0.480 e. The van der Waals surface area contributed by atoms with E-state index < -0.39 is 11.5 Å². The largest absolute Gasteiger partial charge is 0.480 e. The minimum atomic E-state index is -1.35. The van der Waals surface area contributed by atoms with E-state index in [1.807, 2.05) is 36.4 Å². The lowest BCUT2D eigenvalue weighted by atomic mass is 9.91. The fourth-order valence-electron chi connectivity index (χ4n) is 1.78. The number of carboxylic acids is 1. The Morgan fingerprint density at radius 1 is 1.19 bits per heavy atom. The monoisotopic (exact) mass is 215 g/mol. The van der Waals surface area contributed by atoms with Gasteiger partial charge in [0.15, 0.2) is 0 Å². The molecule has 3 N–H and O–H groups in total. The van der Waals surface area contributed by atoms with E-state index in [9.17, 15) is 4.79 Å². The Labute approximate surface area is 93.9 Å². The zero-order valence-corrected chi connectivity index (χ0v) is 8.97. The van der Waals surface area contributed by atoms with E-state index in [4.69, 9.17) is 10.8 Å². The van der Waals surface area contributed by atoms with Gasteiger partial charge in [-0.15, -0.1) is 0 Å². The van der Waals surface area contributed by atoms with Crippen LogP contribution < -0.4 is 5.73 Å². The van der Waals surface area contributed by atoms with Gasteiger partial charge in [-0.2, -0.15) is 0 Å². The van der Waals surface area contributed by atoms with Crippen LogP contribution in [0.15, 0.2) is 42.5 Å². The van der Waals surface area contributed by atoms with Gasteiger partial charge < -0.3 is 10.8 Å². The molecule has 0 bridgehead atoms. The molecule has 1 atom stereocenters. The van der Waals surface area contributed by atoms with E-state index in [2.05, 4.69) is 0 Å². The van der Waals surface area contributed by atoms with E-state index in [0.29, 0.717) is 5.56 Å². The lowest BCUT2D eigenvalue weighted by Crippen LogP contribution is -2.41. The molecule has 2 aliphatic carbocycles. The highest BCUT2D eigenvalue weighted by Crippen LogP contribution is 2.33. The van der Waals surface area contributed by atoms with Crippen molar-refractivity contribution in [1.29, 1.82) is 0 Å². The first-order valence-corrected chi connectivity index (χ1v) is 5.04. The lowest BCUT2D eigenvalue weighted by Gasteiger charge is -2.19. The van der Waals surface area contributed by atoms with Crippen LogP contribution in [0.25, 0.3) is 11.1 Å². The Bertz CT molecular complexity index is 505. The van der Waals surface area contributed by atoms with Crippen molar-refractivity contribution in [2.75, 3.05) is 0 Å². The molecule has 3 nitrogen and oxygen atoms in total. The van der Waals surface area contributed by atoms with Gasteiger partial charge in [-0.1, -0.05) is 42.5 Å². The van der Waals surface area contributed by atoms with E-state index >= 15 is 0 Å². The van der Waals surface area contributed by atoms with Crippen LogP contribution in [0.4, 0.5) is 0 Å². The molecule has 82 valence electrons. The molecule has 0 aromatic heterocycles. The Kier molecular flexibility index (Phi) is 2.40. The van der Waals surface area contributed by atoms with Crippen molar-refractivity contribution in [3.63, 3.8) is 0 Å². The molecule has 0 aliphatic heterocycles. The van der Waals surface area contributed by atoms with Gasteiger partial charge in [0.25, 0.3) is 0 Å². The Morgan fingerprint density at radius 3 is 2.56 bits per heavy atom. The van der Waals surface area contributed by atoms with Gasteiger partial charge in [-0.05, 0) is 23.6 Å². The molecular weight excluding hydrogens is 202 g/mol. The Morgan fingerprint density at radius 2 is 1.88 bits per heavy atom. The first-order chi connectivity index (χ1) is 7.53. The van der Waals surface area contributed by atoms with E-state index in [-0.39, 0.29) is 0 Å². The summed E-state index contributed by atoms with van der Waals surface area (Å²) in [6, 6.07) is 13.2. The van der Waals surface area contributed by atoms with Crippen molar-refractivity contribution < 1.29 is 9.90 Å². The van der Waals surface area contributed by atoms with Gasteiger partial charge in [-0.3, -0.25) is 0 Å². The summed E-state index contributed by atoms with van der Waals surface area (Å²) in [5.41, 5.74) is 7.01. The number of hydrogen-bond donors (Lipinski definition) is 2. The zero-order valence-electron chi connectivity index (χ0n) is 8.97. The summed E-state index contributed by atoms with van der Waals surface area (Å²) < 4.78 is 0. The average molecular weight is 215 g/mol. The molecule has 0 heterocycles. The van der Waals surface area contributed by atoms with Crippen molar-refractivity contribution >= 4 is 5.97 Å². The number of rotatable bonds is 2. The van der Waals surface area contributed by atoms with Crippen LogP contribution in [-0.2, 0) is 10.3 Å². The third kappa shape index (κ3) is 1.55. The molecule has 2 rings (SSSR count). The number of carbonyl (C=O) groups is 1. The van der Waals surface area contributed by atoms with Crippen LogP contribution in [0.2, 0.25) is 0 Å². The second kappa shape index (κ2) is 3.61. The normalized spacial score (nSPS) is 14.6. The summed E-state index contributed by atoms with van der Waals surface area (Å²) in [5.74, 6) is -1.02. The maximum absolute atomic E-state index is 11.1. The molecule has 0 unspecified atom stereocenters. The summed E-state index contributed by atoms with van der Waals surface area (Å²) in [4.78, 5) is 11.1. The fourth-order valence-corrected chi connectivity index (χ4v) is 1.78. The highest BCUT2D eigenvalue weighted by Gasteiger charge is 2.33. The molecular formula is C13H13NO2. The second-order valence-electron chi connectivity index (χ2n) is 4.03. The van der Waals surface area contributed by atoms with E-state index in [0.717, 1.165) is 11.1 Å². The zero-order chi connectivity index (χ0) is 11.8. The average Bonchev–Trinajstić information content (AvgIpc) is 2.49. The molecule has 0 saturated carbocycles. The van der Waals surface area contributed by atoms with Crippen molar-refractivity contribution in [3.8, 4) is 11.1 Å². The van der Waals surface area contributed by atoms with E-state index in [1.54, 1.807) is 6.07 Å². The van der Waals surface area contributed by atoms with Crippen molar-refractivity contribution in [2.24, 2.45) is 5.73 Å². The number of carboxylic acid groups (broad SMARTS) is 1. The third-order valence-corrected chi connectivity index (χ3v) is 2.80. The summed E-state index contributed by atoms with van der Waals surface area (Å²) in [5, 5.41) is 9.11. The predicted octanol–water partition coefficient (Wildman–Crippen LogP) is 2.05. The Hall–Kier alpha value is -1.87. The van der Waals surface area contributed by atoms with Crippen LogP contribution in [0.5, 0.6) is 0 Å². The number of hydrogen-bond acceptors (Lipinski definition) is 2. The molecule has 0 aromatic rings.